The lowest BCUT2D eigenvalue weighted by atomic mass is 9.62. The summed E-state index contributed by atoms with van der Waals surface area (Å²) in [6, 6.07) is 5.99. The molecule has 0 bridgehead atoms. The van der Waals surface area contributed by atoms with Crippen LogP contribution in [0.4, 0.5) is 22.0 Å². The summed E-state index contributed by atoms with van der Waals surface area (Å²) >= 11 is 0. The molecule has 0 radical (unpaired) electrons. The standard InChI is InChI=1S/C34H41F5O/c1-2-3-4-5-6-22-7-8-24-18-25(10-9-23(24)17-22)27-12-14-32(40-21-27)26-11-13-29-28(19-26)20-31(35)30(33(29)36)15-16-34(37,38)39/h11,13,19-20,22-25,27,32H,2-10,12,14,17-18,21H2,1H3. The van der Waals surface area contributed by atoms with Gasteiger partial charge in [0.2, 0.25) is 0 Å². The third-order valence-corrected chi connectivity index (χ3v) is 9.96. The summed E-state index contributed by atoms with van der Waals surface area (Å²) in [6.07, 6.45) is 12.1. The Kier molecular flexibility index (Phi) is 9.40. The fraction of sp³-hybridized carbons (Fsp3) is 0.647. The average molecular weight is 561 g/mol. The molecule has 5 rings (SSSR count). The third-order valence-electron chi connectivity index (χ3n) is 9.96. The largest absolute Gasteiger partial charge is 0.458 e. The number of hydrogen-bond donors (Lipinski definition) is 0. The molecule has 3 aliphatic rings. The molecule has 218 valence electrons. The second-order valence-corrected chi connectivity index (χ2v) is 12.6. The van der Waals surface area contributed by atoms with Gasteiger partial charge in [-0.25, -0.2) is 8.78 Å². The average Bonchev–Trinajstić information content (AvgIpc) is 2.94. The Labute approximate surface area is 235 Å². The van der Waals surface area contributed by atoms with E-state index in [1.165, 1.54) is 76.7 Å². The van der Waals surface area contributed by atoms with Crippen molar-refractivity contribution in [2.24, 2.45) is 29.6 Å². The molecule has 0 N–H and O–H groups in total. The van der Waals surface area contributed by atoms with Crippen molar-refractivity contribution in [1.82, 2.24) is 0 Å². The van der Waals surface area contributed by atoms with Crippen molar-refractivity contribution in [2.75, 3.05) is 6.61 Å². The summed E-state index contributed by atoms with van der Waals surface area (Å²) in [7, 11) is 0. The molecule has 0 aromatic heterocycles. The van der Waals surface area contributed by atoms with Crippen molar-refractivity contribution >= 4 is 10.8 Å². The van der Waals surface area contributed by atoms with Gasteiger partial charge in [-0.15, -0.1) is 0 Å². The number of alkyl halides is 3. The Morgan fingerprint density at radius 3 is 2.30 bits per heavy atom. The minimum Gasteiger partial charge on any atom is -0.373 e. The molecule has 2 aromatic carbocycles. The fourth-order valence-electron chi connectivity index (χ4n) is 7.78. The van der Waals surface area contributed by atoms with Crippen LogP contribution in [0.25, 0.3) is 10.8 Å². The second kappa shape index (κ2) is 12.8. The van der Waals surface area contributed by atoms with E-state index in [9.17, 15) is 22.0 Å². The molecular formula is C34H41F5O. The van der Waals surface area contributed by atoms with Crippen LogP contribution in [0.2, 0.25) is 0 Å². The lowest BCUT2D eigenvalue weighted by Crippen LogP contribution is -2.36. The summed E-state index contributed by atoms with van der Waals surface area (Å²) in [4.78, 5) is 0. The molecule has 40 heavy (non-hydrogen) atoms. The van der Waals surface area contributed by atoms with Gasteiger partial charge in [0.05, 0.1) is 18.3 Å². The van der Waals surface area contributed by atoms with E-state index in [1.807, 2.05) is 0 Å². The van der Waals surface area contributed by atoms with Crippen molar-refractivity contribution in [2.45, 2.75) is 103 Å². The van der Waals surface area contributed by atoms with E-state index in [4.69, 9.17) is 4.74 Å². The van der Waals surface area contributed by atoms with Crippen LogP contribution in [-0.4, -0.2) is 12.8 Å². The molecule has 6 heteroatoms. The smallest absolute Gasteiger partial charge is 0.373 e. The Morgan fingerprint density at radius 2 is 1.57 bits per heavy atom. The van der Waals surface area contributed by atoms with Gasteiger partial charge in [0.1, 0.15) is 11.6 Å². The van der Waals surface area contributed by atoms with Crippen LogP contribution < -0.4 is 0 Å². The highest BCUT2D eigenvalue weighted by Crippen LogP contribution is 2.49. The summed E-state index contributed by atoms with van der Waals surface area (Å²) in [5, 5.41) is 0.354. The highest BCUT2D eigenvalue weighted by atomic mass is 19.4. The number of fused-ring (bicyclic) bond motifs is 2. The number of hydrogen-bond acceptors (Lipinski definition) is 1. The molecule has 1 aliphatic heterocycles. The van der Waals surface area contributed by atoms with Gasteiger partial charge in [-0.3, -0.25) is 0 Å². The molecule has 1 nitrogen and oxygen atoms in total. The molecule has 6 unspecified atom stereocenters. The van der Waals surface area contributed by atoms with Crippen LogP contribution in [0.3, 0.4) is 0 Å². The van der Waals surface area contributed by atoms with E-state index in [0.717, 1.165) is 54.1 Å². The number of benzene rings is 2. The predicted octanol–water partition coefficient (Wildman–Crippen LogP) is 10.3. The van der Waals surface area contributed by atoms with E-state index < -0.39 is 23.4 Å². The zero-order valence-corrected chi connectivity index (χ0v) is 23.5. The second-order valence-electron chi connectivity index (χ2n) is 12.6. The maximum Gasteiger partial charge on any atom is 0.458 e. The maximum absolute atomic E-state index is 14.8. The van der Waals surface area contributed by atoms with Crippen LogP contribution >= 0.6 is 0 Å². The fourth-order valence-corrected chi connectivity index (χ4v) is 7.78. The van der Waals surface area contributed by atoms with Gasteiger partial charge < -0.3 is 4.74 Å². The van der Waals surface area contributed by atoms with Crippen LogP contribution in [0.1, 0.15) is 108 Å². The monoisotopic (exact) mass is 560 g/mol. The van der Waals surface area contributed by atoms with Crippen molar-refractivity contribution < 1.29 is 26.7 Å². The van der Waals surface area contributed by atoms with E-state index in [2.05, 4.69) is 6.92 Å². The first-order valence-corrected chi connectivity index (χ1v) is 15.3. The zero-order valence-electron chi connectivity index (χ0n) is 23.5. The van der Waals surface area contributed by atoms with Gasteiger partial charge in [-0.1, -0.05) is 63.5 Å². The van der Waals surface area contributed by atoms with E-state index in [-0.39, 0.29) is 11.5 Å². The molecule has 3 fully saturated rings. The molecule has 2 aromatic rings. The lowest BCUT2D eigenvalue weighted by molar-refractivity contribution is -0.0696. The highest BCUT2D eigenvalue weighted by molar-refractivity contribution is 5.85. The van der Waals surface area contributed by atoms with Crippen molar-refractivity contribution in [3.63, 3.8) is 0 Å². The van der Waals surface area contributed by atoms with Gasteiger partial charge in [0, 0.05) is 11.3 Å². The predicted molar refractivity (Wildman–Crippen MR) is 149 cm³/mol. The van der Waals surface area contributed by atoms with Crippen LogP contribution in [0.5, 0.6) is 0 Å². The highest BCUT2D eigenvalue weighted by Gasteiger charge is 2.39. The van der Waals surface area contributed by atoms with Gasteiger partial charge in [0.15, 0.2) is 0 Å². The Balaban J connectivity index is 1.15. The minimum atomic E-state index is -4.82. The third kappa shape index (κ3) is 7.01. The Bertz CT molecular complexity index is 1220. The number of ether oxygens (including phenoxy) is 1. The number of unbranched alkanes of at least 4 members (excludes halogenated alkanes) is 3. The van der Waals surface area contributed by atoms with E-state index in [0.29, 0.717) is 17.9 Å². The maximum atomic E-state index is 14.8. The molecule has 1 saturated heterocycles. The van der Waals surface area contributed by atoms with Crippen molar-refractivity contribution in [3.05, 3.63) is 47.0 Å². The normalized spacial score (nSPS) is 29.1. The van der Waals surface area contributed by atoms with E-state index >= 15 is 0 Å². The molecule has 0 amide bonds. The minimum absolute atomic E-state index is 0.0535. The SMILES string of the molecule is CCCCCCC1CCC2CC(C3CCC(c4ccc5c(F)c(C#CC(F)(F)F)c(F)cc5c4)OC3)CCC2C1. The molecule has 2 saturated carbocycles. The molecule has 1 heterocycles. The lowest BCUT2D eigenvalue weighted by Gasteiger charge is -2.45. The van der Waals surface area contributed by atoms with Crippen molar-refractivity contribution in [3.8, 4) is 11.8 Å². The molecule has 0 spiro atoms. The van der Waals surface area contributed by atoms with Crippen LogP contribution in [0, 0.1) is 53.1 Å². The molecular weight excluding hydrogens is 519 g/mol. The topological polar surface area (TPSA) is 9.23 Å². The van der Waals surface area contributed by atoms with Gasteiger partial charge in [-0.05, 0) is 97.6 Å². The first-order chi connectivity index (χ1) is 19.2. The first-order valence-electron chi connectivity index (χ1n) is 15.3. The summed E-state index contributed by atoms with van der Waals surface area (Å²) < 4.78 is 72.9. The van der Waals surface area contributed by atoms with Crippen LogP contribution in [0.15, 0.2) is 24.3 Å². The summed E-state index contributed by atoms with van der Waals surface area (Å²) in [5.41, 5.74) is -0.00985. The van der Waals surface area contributed by atoms with Crippen LogP contribution in [-0.2, 0) is 4.74 Å². The zero-order chi connectivity index (χ0) is 28.3. The number of rotatable bonds is 7. The van der Waals surface area contributed by atoms with Gasteiger partial charge >= 0.3 is 6.18 Å². The van der Waals surface area contributed by atoms with E-state index in [1.54, 1.807) is 18.1 Å². The molecule has 2 aliphatic carbocycles. The molecule has 6 atom stereocenters. The summed E-state index contributed by atoms with van der Waals surface area (Å²) in [6.45, 7) is 2.98. The Hall–Kier alpha value is -2.13. The quantitative estimate of drug-likeness (QED) is 0.186. The van der Waals surface area contributed by atoms with Gasteiger partial charge in [0.25, 0.3) is 0 Å². The summed E-state index contributed by atoms with van der Waals surface area (Å²) in [5.74, 6) is 4.42. The Morgan fingerprint density at radius 1 is 0.850 bits per heavy atom. The van der Waals surface area contributed by atoms with Crippen molar-refractivity contribution in [1.29, 1.82) is 0 Å². The first kappa shape index (κ1) is 29.4. The van der Waals surface area contributed by atoms with Gasteiger partial charge in [-0.2, -0.15) is 13.2 Å². The number of halogens is 5.